The van der Waals surface area contributed by atoms with E-state index in [2.05, 4.69) is 25.3 Å². The average Bonchev–Trinajstić information content (AvgIpc) is 1.77. The molecule has 0 unspecified atom stereocenters. The number of rotatable bonds is 0. The molecule has 2 atom stereocenters. The summed E-state index contributed by atoms with van der Waals surface area (Å²) in [6.07, 6.45) is 3.53. The summed E-state index contributed by atoms with van der Waals surface area (Å²) in [5.41, 5.74) is 0. The van der Waals surface area contributed by atoms with Crippen molar-refractivity contribution in [3.05, 3.63) is 11.5 Å². The largest absolute Gasteiger partial charge is 0.131 e. The predicted molar refractivity (Wildman–Crippen MR) is 40.0 cm³/mol. The monoisotopic (exact) mass is 128 g/mol. The molecule has 1 heteroatoms. The zero-order chi connectivity index (χ0) is 5.98. The number of hydrogen-bond acceptors (Lipinski definition) is 1. The molecule has 0 amide bonds. The van der Waals surface area contributed by atoms with E-state index in [0.29, 0.717) is 0 Å². The maximum absolute atomic E-state index is 2.31. The highest BCUT2D eigenvalue weighted by Crippen LogP contribution is 2.27. The van der Waals surface area contributed by atoms with E-state index >= 15 is 0 Å². The summed E-state index contributed by atoms with van der Waals surface area (Å²) in [6, 6.07) is 0. The van der Waals surface area contributed by atoms with Gasteiger partial charge in [0.1, 0.15) is 0 Å². The normalized spacial score (nSPS) is 37.8. The molecule has 0 spiro atoms. The van der Waals surface area contributed by atoms with Crippen LogP contribution in [-0.4, -0.2) is 5.25 Å². The Labute approximate surface area is 55.4 Å². The smallest absolute Gasteiger partial charge is 0.00886 e. The molecule has 0 aliphatic carbocycles. The molecule has 0 aromatic carbocycles. The summed E-state index contributed by atoms with van der Waals surface area (Å²) in [6.45, 7) is 4.60. The van der Waals surface area contributed by atoms with Crippen LogP contribution in [0, 0.1) is 5.92 Å². The number of allylic oxidation sites excluding steroid dienone is 1. The molecule has 0 N–H and O–H groups in total. The Morgan fingerprint density at radius 1 is 1.50 bits per heavy atom. The van der Waals surface area contributed by atoms with Crippen molar-refractivity contribution in [1.82, 2.24) is 0 Å². The molecule has 1 rings (SSSR count). The fraction of sp³-hybridized carbons (Fsp3) is 0.714. The standard InChI is InChI=1S/C7H12S/c1-6-4-3-5-8-7(6)2/h3,5-7H,4H2,1-2H3/t6-,7-/m0/s1. The molecular formula is C7H12S. The van der Waals surface area contributed by atoms with E-state index in [0.717, 1.165) is 11.2 Å². The molecular weight excluding hydrogens is 116 g/mol. The maximum atomic E-state index is 2.31. The van der Waals surface area contributed by atoms with Gasteiger partial charge < -0.3 is 0 Å². The Morgan fingerprint density at radius 2 is 2.25 bits per heavy atom. The first-order valence-corrected chi connectivity index (χ1v) is 4.05. The van der Waals surface area contributed by atoms with Crippen LogP contribution in [-0.2, 0) is 0 Å². The Morgan fingerprint density at radius 3 is 2.62 bits per heavy atom. The van der Waals surface area contributed by atoms with Crippen molar-refractivity contribution < 1.29 is 0 Å². The van der Waals surface area contributed by atoms with Gasteiger partial charge in [0, 0.05) is 5.25 Å². The van der Waals surface area contributed by atoms with Gasteiger partial charge in [-0.15, -0.1) is 11.8 Å². The van der Waals surface area contributed by atoms with Crippen LogP contribution in [0.15, 0.2) is 11.5 Å². The minimum Gasteiger partial charge on any atom is -0.131 e. The van der Waals surface area contributed by atoms with E-state index in [1.165, 1.54) is 6.42 Å². The quantitative estimate of drug-likeness (QED) is 0.483. The van der Waals surface area contributed by atoms with Gasteiger partial charge in [-0.2, -0.15) is 0 Å². The highest BCUT2D eigenvalue weighted by Gasteiger charge is 2.12. The second kappa shape index (κ2) is 2.58. The molecule has 0 nitrogen and oxygen atoms in total. The Bertz CT molecular complexity index is 84.6. The van der Waals surface area contributed by atoms with Gasteiger partial charge in [-0.25, -0.2) is 0 Å². The lowest BCUT2D eigenvalue weighted by atomic mass is 10.1. The predicted octanol–water partition coefficient (Wildman–Crippen LogP) is 2.66. The van der Waals surface area contributed by atoms with Crippen molar-refractivity contribution in [3.8, 4) is 0 Å². The van der Waals surface area contributed by atoms with Crippen LogP contribution in [0.25, 0.3) is 0 Å². The summed E-state index contributed by atoms with van der Waals surface area (Å²) < 4.78 is 0. The van der Waals surface area contributed by atoms with E-state index < -0.39 is 0 Å². The molecule has 46 valence electrons. The fourth-order valence-corrected chi connectivity index (χ4v) is 1.62. The van der Waals surface area contributed by atoms with E-state index in [1.54, 1.807) is 0 Å². The molecule has 0 aromatic rings. The second-order valence-electron chi connectivity index (χ2n) is 2.43. The van der Waals surface area contributed by atoms with Crippen molar-refractivity contribution in [2.45, 2.75) is 25.5 Å². The lowest BCUT2D eigenvalue weighted by Crippen LogP contribution is -2.10. The molecule has 0 bridgehead atoms. The van der Waals surface area contributed by atoms with Gasteiger partial charge >= 0.3 is 0 Å². The average molecular weight is 128 g/mol. The molecule has 0 fully saturated rings. The van der Waals surface area contributed by atoms with Crippen molar-refractivity contribution in [2.75, 3.05) is 0 Å². The van der Waals surface area contributed by atoms with Crippen molar-refractivity contribution >= 4 is 11.8 Å². The van der Waals surface area contributed by atoms with Crippen LogP contribution >= 0.6 is 11.8 Å². The molecule has 1 aliphatic heterocycles. The molecule has 1 heterocycles. The van der Waals surface area contributed by atoms with Crippen LogP contribution in [0.1, 0.15) is 20.3 Å². The first-order chi connectivity index (χ1) is 3.80. The molecule has 1 aliphatic rings. The first-order valence-electron chi connectivity index (χ1n) is 3.11. The van der Waals surface area contributed by atoms with Crippen molar-refractivity contribution in [2.24, 2.45) is 5.92 Å². The minimum atomic E-state index is 0.833. The zero-order valence-electron chi connectivity index (χ0n) is 5.42. The second-order valence-corrected chi connectivity index (χ2v) is 3.71. The van der Waals surface area contributed by atoms with Crippen LogP contribution in [0.4, 0.5) is 0 Å². The topological polar surface area (TPSA) is 0 Å². The molecule has 0 radical (unpaired) electrons. The van der Waals surface area contributed by atoms with Gasteiger partial charge in [-0.1, -0.05) is 19.9 Å². The van der Waals surface area contributed by atoms with Gasteiger partial charge in [-0.05, 0) is 17.7 Å². The summed E-state index contributed by atoms with van der Waals surface area (Å²) in [5, 5.41) is 3.05. The Hall–Kier alpha value is 0.0900. The van der Waals surface area contributed by atoms with Crippen LogP contribution in [0.3, 0.4) is 0 Å². The molecule has 0 saturated heterocycles. The third-order valence-corrected chi connectivity index (χ3v) is 2.94. The van der Waals surface area contributed by atoms with Gasteiger partial charge in [0.05, 0.1) is 0 Å². The van der Waals surface area contributed by atoms with Gasteiger partial charge in [0.15, 0.2) is 0 Å². The van der Waals surface area contributed by atoms with Gasteiger partial charge in [0.25, 0.3) is 0 Å². The van der Waals surface area contributed by atoms with E-state index in [9.17, 15) is 0 Å². The van der Waals surface area contributed by atoms with Crippen LogP contribution in [0.5, 0.6) is 0 Å². The lowest BCUT2D eigenvalue weighted by Gasteiger charge is -2.19. The third-order valence-electron chi connectivity index (χ3n) is 1.70. The van der Waals surface area contributed by atoms with Crippen LogP contribution < -0.4 is 0 Å². The Balaban J connectivity index is 2.44. The fourth-order valence-electron chi connectivity index (χ4n) is 0.775. The van der Waals surface area contributed by atoms with Gasteiger partial charge in [-0.3, -0.25) is 0 Å². The number of thioether (sulfide) groups is 1. The van der Waals surface area contributed by atoms with E-state index in [-0.39, 0.29) is 0 Å². The zero-order valence-corrected chi connectivity index (χ0v) is 6.24. The minimum absolute atomic E-state index is 0.833. The Kier molecular flexibility index (Phi) is 2.01. The molecule has 0 aromatic heterocycles. The van der Waals surface area contributed by atoms with E-state index in [1.807, 2.05) is 11.8 Å². The SMILES string of the molecule is C[C@@H]1SC=CC[C@@H]1C. The summed E-state index contributed by atoms with van der Waals surface area (Å²) >= 11 is 1.95. The molecule has 8 heavy (non-hydrogen) atoms. The number of hydrogen-bond donors (Lipinski definition) is 0. The van der Waals surface area contributed by atoms with Crippen LogP contribution in [0.2, 0.25) is 0 Å². The van der Waals surface area contributed by atoms with E-state index in [4.69, 9.17) is 0 Å². The van der Waals surface area contributed by atoms with Gasteiger partial charge in [0.2, 0.25) is 0 Å². The summed E-state index contributed by atoms with van der Waals surface area (Å²) in [7, 11) is 0. The van der Waals surface area contributed by atoms with Crippen molar-refractivity contribution in [1.29, 1.82) is 0 Å². The first kappa shape index (κ1) is 6.21. The highest BCUT2D eigenvalue weighted by atomic mass is 32.2. The summed E-state index contributed by atoms with van der Waals surface area (Å²) in [4.78, 5) is 0. The lowest BCUT2D eigenvalue weighted by molar-refractivity contribution is 0.583. The molecule has 0 saturated carbocycles. The highest BCUT2D eigenvalue weighted by molar-refractivity contribution is 8.02. The summed E-state index contributed by atoms with van der Waals surface area (Å²) in [5.74, 6) is 0.880. The van der Waals surface area contributed by atoms with Crippen molar-refractivity contribution in [3.63, 3.8) is 0 Å². The maximum Gasteiger partial charge on any atom is 0.00886 e. The third kappa shape index (κ3) is 1.28.